The predicted octanol–water partition coefficient (Wildman–Crippen LogP) is 0.198. The van der Waals surface area contributed by atoms with Gasteiger partial charge >= 0.3 is 0 Å². The van der Waals surface area contributed by atoms with Gasteiger partial charge < -0.3 is 9.80 Å². The summed E-state index contributed by atoms with van der Waals surface area (Å²) >= 11 is 0. The molecule has 3 heterocycles. The van der Waals surface area contributed by atoms with Gasteiger partial charge in [0.25, 0.3) is 0 Å². The average Bonchev–Trinajstić information content (AvgIpc) is 2.88. The number of rotatable bonds is 2. The molecule has 0 saturated carbocycles. The van der Waals surface area contributed by atoms with E-state index in [1.807, 2.05) is 7.05 Å². The topological polar surface area (TPSA) is 67.2 Å². The first-order chi connectivity index (χ1) is 9.70. The Bertz CT molecular complexity index is 656. The standard InChI is InChI=1S/C13H16N6O/c1-3-11(20)18-4-6-19(7-5-18)13-10-8-16-17(2)12(10)14-9-15-13/h3,8-9H,1,4-7H2,2H3. The first kappa shape index (κ1) is 12.6. The van der Waals surface area contributed by atoms with Crippen molar-refractivity contribution in [2.45, 2.75) is 0 Å². The molecule has 20 heavy (non-hydrogen) atoms. The fourth-order valence-electron chi connectivity index (χ4n) is 2.47. The third kappa shape index (κ3) is 2.01. The van der Waals surface area contributed by atoms with E-state index in [9.17, 15) is 4.79 Å². The van der Waals surface area contributed by atoms with E-state index in [0.717, 1.165) is 29.9 Å². The van der Waals surface area contributed by atoms with Gasteiger partial charge in [-0.2, -0.15) is 5.10 Å². The van der Waals surface area contributed by atoms with E-state index in [1.165, 1.54) is 6.08 Å². The molecule has 0 unspecified atom stereocenters. The molecule has 1 fully saturated rings. The molecular weight excluding hydrogens is 256 g/mol. The summed E-state index contributed by atoms with van der Waals surface area (Å²) in [6.45, 7) is 6.38. The van der Waals surface area contributed by atoms with E-state index in [-0.39, 0.29) is 5.91 Å². The summed E-state index contributed by atoms with van der Waals surface area (Å²) in [7, 11) is 1.86. The van der Waals surface area contributed by atoms with Crippen LogP contribution in [0.15, 0.2) is 25.2 Å². The first-order valence-electron chi connectivity index (χ1n) is 6.49. The van der Waals surface area contributed by atoms with Crippen molar-refractivity contribution in [1.82, 2.24) is 24.6 Å². The minimum Gasteiger partial charge on any atom is -0.352 e. The summed E-state index contributed by atoms with van der Waals surface area (Å²) in [5.74, 6) is 0.868. The Morgan fingerprint density at radius 2 is 2.05 bits per heavy atom. The SMILES string of the molecule is C=CC(=O)N1CCN(c2ncnc3c2cnn3C)CC1. The summed E-state index contributed by atoms with van der Waals surface area (Å²) < 4.78 is 1.73. The molecule has 1 amide bonds. The van der Waals surface area contributed by atoms with Crippen LogP contribution < -0.4 is 4.90 Å². The molecule has 3 rings (SSSR count). The van der Waals surface area contributed by atoms with E-state index in [2.05, 4.69) is 26.5 Å². The Labute approximate surface area is 116 Å². The van der Waals surface area contributed by atoms with Crippen LogP contribution in [0.5, 0.6) is 0 Å². The Hall–Kier alpha value is -2.44. The normalized spacial score (nSPS) is 15.7. The van der Waals surface area contributed by atoms with Crippen LogP contribution >= 0.6 is 0 Å². The molecule has 7 nitrogen and oxygen atoms in total. The summed E-state index contributed by atoms with van der Waals surface area (Å²) in [5, 5.41) is 5.16. The van der Waals surface area contributed by atoms with Crippen molar-refractivity contribution < 1.29 is 4.79 Å². The fraction of sp³-hybridized carbons (Fsp3) is 0.385. The van der Waals surface area contributed by atoms with Crippen LogP contribution in [0.1, 0.15) is 0 Å². The fourth-order valence-corrected chi connectivity index (χ4v) is 2.47. The molecule has 1 saturated heterocycles. The largest absolute Gasteiger partial charge is 0.352 e. The van der Waals surface area contributed by atoms with Crippen LogP contribution in [0, 0.1) is 0 Å². The van der Waals surface area contributed by atoms with Crippen LogP contribution in [0.2, 0.25) is 0 Å². The highest BCUT2D eigenvalue weighted by Crippen LogP contribution is 2.23. The van der Waals surface area contributed by atoms with Crippen molar-refractivity contribution in [3.05, 3.63) is 25.2 Å². The van der Waals surface area contributed by atoms with E-state index >= 15 is 0 Å². The number of aromatic nitrogens is 4. The van der Waals surface area contributed by atoms with Crippen LogP contribution in [0.25, 0.3) is 11.0 Å². The lowest BCUT2D eigenvalue weighted by Gasteiger charge is -2.35. The molecule has 0 aliphatic carbocycles. The van der Waals surface area contributed by atoms with E-state index in [4.69, 9.17) is 0 Å². The summed E-state index contributed by atoms with van der Waals surface area (Å²) in [4.78, 5) is 24.1. The Balaban J connectivity index is 1.83. The molecule has 7 heteroatoms. The molecule has 2 aromatic rings. The van der Waals surface area contributed by atoms with Gasteiger partial charge in [-0.1, -0.05) is 6.58 Å². The zero-order valence-electron chi connectivity index (χ0n) is 11.4. The molecule has 1 aliphatic heterocycles. The number of hydrogen-bond acceptors (Lipinski definition) is 5. The van der Waals surface area contributed by atoms with Crippen LogP contribution in [-0.2, 0) is 11.8 Å². The van der Waals surface area contributed by atoms with Crippen LogP contribution in [0.4, 0.5) is 5.82 Å². The minimum atomic E-state index is -0.0149. The van der Waals surface area contributed by atoms with Gasteiger partial charge in [0.1, 0.15) is 12.1 Å². The number of hydrogen-bond donors (Lipinski definition) is 0. The number of nitrogens with zero attached hydrogens (tertiary/aromatic N) is 6. The number of carbonyl (C=O) groups is 1. The van der Waals surface area contributed by atoms with Gasteiger partial charge in [0.2, 0.25) is 5.91 Å². The highest BCUT2D eigenvalue weighted by atomic mass is 16.2. The number of carbonyl (C=O) groups excluding carboxylic acids is 1. The van der Waals surface area contributed by atoms with Crippen LogP contribution in [-0.4, -0.2) is 56.7 Å². The molecular formula is C13H16N6O. The lowest BCUT2D eigenvalue weighted by atomic mass is 10.2. The Morgan fingerprint density at radius 1 is 1.30 bits per heavy atom. The summed E-state index contributed by atoms with van der Waals surface area (Å²) in [6, 6.07) is 0. The number of piperazine rings is 1. The number of fused-ring (bicyclic) bond motifs is 1. The van der Waals surface area contributed by atoms with Gasteiger partial charge in [-0.05, 0) is 6.08 Å². The molecule has 0 atom stereocenters. The lowest BCUT2D eigenvalue weighted by Crippen LogP contribution is -2.48. The summed E-state index contributed by atoms with van der Waals surface area (Å²) in [5.41, 5.74) is 0.819. The van der Waals surface area contributed by atoms with Gasteiger partial charge in [-0.25, -0.2) is 9.97 Å². The van der Waals surface area contributed by atoms with Gasteiger partial charge in [0.15, 0.2) is 5.65 Å². The maximum Gasteiger partial charge on any atom is 0.246 e. The zero-order valence-corrected chi connectivity index (χ0v) is 11.4. The van der Waals surface area contributed by atoms with Crippen molar-refractivity contribution in [3.8, 4) is 0 Å². The third-order valence-electron chi connectivity index (χ3n) is 3.57. The number of aryl methyl sites for hydroxylation is 1. The second kappa shape index (κ2) is 4.92. The molecule has 0 aromatic carbocycles. The maximum atomic E-state index is 11.6. The lowest BCUT2D eigenvalue weighted by molar-refractivity contribution is -0.126. The molecule has 1 aliphatic rings. The van der Waals surface area contributed by atoms with Gasteiger partial charge in [-0.15, -0.1) is 0 Å². The highest BCUT2D eigenvalue weighted by Gasteiger charge is 2.22. The monoisotopic (exact) mass is 272 g/mol. The van der Waals surface area contributed by atoms with E-state index < -0.39 is 0 Å². The smallest absolute Gasteiger partial charge is 0.246 e. The van der Waals surface area contributed by atoms with E-state index in [0.29, 0.717) is 13.1 Å². The average molecular weight is 272 g/mol. The zero-order chi connectivity index (χ0) is 14.1. The van der Waals surface area contributed by atoms with Crippen molar-refractivity contribution in [2.24, 2.45) is 7.05 Å². The van der Waals surface area contributed by atoms with Crippen molar-refractivity contribution in [2.75, 3.05) is 31.1 Å². The van der Waals surface area contributed by atoms with Crippen molar-refractivity contribution in [1.29, 1.82) is 0 Å². The molecule has 0 radical (unpaired) electrons. The number of amides is 1. The quantitative estimate of drug-likeness (QED) is 0.730. The van der Waals surface area contributed by atoms with Crippen molar-refractivity contribution >= 4 is 22.8 Å². The first-order valence-corrected chi connectivity index (χ1v) is 6.49. The molecule has 0 N–H and O–H groups in total. The third-order valence-corrected chi connectivity index (χ3v) is 3.57. The van der Waals surface area contributed by atoms with Gasteiger partial charge in [0.05, 0.1) is 11.6 Å². The second-order valence-electron chi connectivity index (χ2n) is 4.72. The highest BCUT2D eigenvalue weighted by molar-refractivity contribution is 5.88. The number of anilines is 1. The van der Waals surface area contributed by atoms with Gasteiger partial charge in [0, 0.05) is 33.2 Å². The Morgan fingerprint density at radius 3 is 2.75 bits per heavy atom. The maximum absolute atomic E-state index is 11.6. The molecule has 104 valence electrons. The molecule has 0 bridgehead atoms. The molecule has 0 spiro atoms. The molecule has 2 aromatic heterocycles. The van der Waals surface area contributed by atoms with E-state index in [1.54, 1.807) is 22.1 Å². The van der Waals surface area contributed by atoms with Crippen molar-refractivity contribution in [3.63, 3.8) is 0 Å². The summed E-state index contributed by atoms with van der Waals surface area (Å²) in [6.07, 6.45) is 4.70. The minimum absolute atomic E-state index is 0.0149. The Kier molecular flexibility index (Phi) is 3.09. The van der Waals surface area contributed by atoms with Gasteiger partial charge in [-0.3, -0.25) is 9.48 Å². The van der Waals surface area contributed by atoms with Crippen LogP contribution in [0.3, 0.4) is 0 Å². The predicted molar refractivity (Wildman–Crippen MR) is 75.3 cm³/mol. The second-order valence-corrected chi connectivity index (χ2v) is 4.72.